The quantitative estimate of drug-likeness (QED) is 0.622. The minimum atomic E-state index is -0.111. The number of thioether (sulfide) groups is 1. The third-order valence-electron chi connectivity index (χ3n) is 1.50. The molecule has 5 nitrogen and oxygen atoms in total. The summed E-state index contributed by atoms with van der Waals surface area (Å²) >= 11 is 2.09. The molecule has 1 heterocycles. The highest BCUT2D eigenvalue weighted by Gasteiger charge is 2.12. The lowest BCUT2D eigenvalue weighted by atomic mass is 10.5. The van der Waals surface area contributed by atoms with Gasteiger partial charge in [-0.15, -0.1) is 5.92 Å². The van der Waals surface area contributed by atoms with Crippen molar-refractivity contribution in [1.29, 1.82) is 0 Å². The molecule has 0 N–H and O–H groups in total. The first-order valence-corrected chi connectivity index (χ1v) is 6.53. The summed E-state index contributed by atoms with van der Waals surface area (Å²) in [6.45, 7) is 2.27. The van der Waals surface area contributed by atoms with Crippen molar-refractivity contribution in [3.05, 3.63) is 0 Å². The van der Waals surface area contributed by atoms with E-state index in [2.05, 4.69) is 21.2 Å². The van der Waals surface area contributed by atoms with Gasteiger partial charge in [-0.2, -0.15) is 9.36 Å². The summed E-state index contributed by atoms with van der Waals surface area (Å²) in [6.07, 6.45) is 0.803. The number of carbonyl (C=O) groups excluding carboxylic acids is 1. The van der Waals surface area contributed by atoms with Gasteiger partial charge >= 0.3 is 0 Å². The maximum Gasteiger partial charge on any atom is 0.294 e. The molecular weight excluding hydrogens is 258 g/mol. The van der Waals surface area contributed by atoms with Gasteiger partial charge in [-0.1, -0.05) is 12.8 Å². The Morgan fingerprint density at radius 2 is 2.29 bits per heavy atom. The highest BCUT2D eigenvalue weighted by Crippen LogP contribution is 2.23. The summed E-state index contributed by atoms with van der Waals surface area (Å²) in [5.74, 6) is 5.72. The van der Waals surface area contributed by atoms with E-state index in [-0.39, 0.29) is 5.24 Å². The largest absolute Gasteiger partial charge is 0.456 e. The Labute approximate surface area is 109 Å². The molecule has 17 heavy (non-hydrogen) atoms. The van der Waals surface area contributed by atoms with Crippen molar-refractivity contribution in [2.24, 2.45) is 0 Å². The average molecular weight is 271 g/mol. The van der Waals surface area contributed by atoms with Gasteiger partial charge in [-0.25, -0.2) is 0 Å². The second kappa shape index (κ2) is 7.14. The first-order valence-electron chi connectivity index (χ1n) is 4.94. The molecule has 0 spiro atoms. The van der Waals surface area contributed by atoms with E-state index in [1.165, 1.54) is 4.90 Å². The lowest BCUT2D eigenvalue weighted by Gasteiger charge is -2.05. The normalized spacial score (nSPS) is 9.35. The molecule has 1 aromatic rings. The SMILES string of the molecule is CCC#CCOc1nc(SC(=O)N(C)C)ns1. The summed E-state index contributed by atoms with van der Waals surface area (Å²) in [6, 6.07) is 0. The summed E-state index contributed by atoms with van der Waals surface area (Å²) < 4.78 is 9.27. The van der Waals surface area contributed by atoms with Crippen LogP contribution in [0.3, 0.4) is 0 Å². The Bertz CT molecular complexity index is 434. The van der Waals surface area contributed by atoms with Gasteiger partial charge in [0, 0.05) is 43.8 Å². The third-order valence-corrected chi connectivity index (χ3v) is 3.15. The van der Waals surface area contributed by atoms with Crippen LogP contribution in [-0.2, 0) is 0 Å². The summed E-state index contributed by atoms with van der Waals surface area (Å²) in [4.78, 5) is 16.9. The van der Waals surface area contributed by atoms with Gasteiger partial charge in [0.15, 0.2) is 6.61 Å². The molecule has 0 saturated heterocycles. The van der Waals surface area contributed by atoms with E-state index >= 15 is 0 Å². The molecule has 0 atom stereocenters. The molecule has 1 amide bonds. The molecule has 1 aromatic heterocycles. The second-order valence-electron chi connectivity index (χ2n) is 3.10. The lowest BCUT2D eigenvalue weighted by Crippen LogP contribution is -2.16. The predicted molar refractivity (Wildman–Crippen MR) is 68.4 cm³/mol. The highest BCUT2D eigenvalue weighted by atomic mass is 32.2. The van der Waals surface area contributed by atoms with E-state index in [4.69, 9.17) is 4.74 Å². The molecule has 0 aliphatic heterocycles. The maximum atomic E-state index is 11.4. The van der Waals surface area contributed by atoms with Crippen LogP contribution in [0.1, 0.15) is 13.3 Å². The fourth-order valence-corrected chi connectivity index (χ4v) is 1.96. The molecule has 0 radical (unpaired) electrons. The Hall–Kier alpha value is -1.26. The fourth-order valence-electron chi connectivity index (χ4n) is 0.740. The zero-order chi connectivity index (χ0) is 12.7. The van der Waals surface area contributed by atoms with Crippen LogP contribution in [0, 0.1) is 11.8 Å². The van der Waals surface area contributed by atoms with Gasteiger partial charge in [-0.05, 0) is 0 Å². The van der Waals surface area contributed by atoms with Crippen molar-refractivity contribution in [3.63, 3.8) is 0 Å². The van der Waals surface area contributed by atoms with Crippen molar-refractivity contribution < 1.29 is 9.53 Å². The average Bonchev–Trinajstić information content (AvgIpc) is 2.72. The molecule has 0 aliphatic carbocycles. The molecule has 0 aromatic carbocycles. The number of carbonyl (C=O) groups is 1. The van der Waals surface area contributed by atoms with Gasteiger partial charge in [0.05, 0.1) is 0 Å². The Morgan fingerprint density at radius 1 is 1.53 bits per heavy atom. The number of ether oxygens (including phenoxy) is 1. The fraction of sp³-hybridized carbons (Fsp3) is 0.500. The van der Waals surface area contributed by atoms with Crippen LogP contribution < -0.4 is 4.74 Å². The Morgan fingerprint density at radius 3 is 2.94 bits per heavy atom. The summed E-state index contributed by atoms with van der Waals surface area (Å²) in [5, 5.41) is 0.733. The van der Waals surface area contributed by atoms with Crippen LogP contribution in [-0.4, -0.2) is 40.2 Å². The topological polar surface area (TPSA) is 55.3 Å². The molecule has 0 fully saturated rings. The van der Waals surface area contributed by atoms with Crippen LogP contribution in [0.15, 0.2) is 5.16 Å². The number of amides is 1. The number of nitrogens with zero attached hydrogens (tertiary/aromatic N) is 3. The number of hydrogen-bond acceptors (Lipinski definition) is 6. The van der Waals surface area contributed by atoms with Gasteiger partial charge in [-0.3, -0.25) is 4.79 Å². The van der Waals surface area contributed by atoms with E-state index in [0.29, 0.717) is 17.0 Å². The minimum Gasteiger partial charge on any atom is -0.456 e. The van der Waals surface area contributed by atoms with Crippen LogP contribution in [0.25, 0.3) is 0 Å². The monoisotopic (exact) mass is 271 g/mol. The Kier molecular flexibility index (Phi) is 5.80. The van der Waals surface area contributed by atoms with Gasteiger partial charge in [0.25, 0.3) is 10.4 Å². The van der Waals surface area contributed by atoms with E-state index < -0.39 is 0 Å². The summed E-state index contributed by atoms with van der Waals surface area (Å²) in [5.41, 5.74) is 0. The molecule has 1 rings (SSSR count). The lowest BCUT2D eigenvalue weighted by molar-refractivity contribution is 0.241. The molecule has 0 aliphatic rings. The second-order valence-corrected chi connectivity index (χ2v) is 4.73. The zero-order valence-electron chi connectivity index (χ0n) is 9.89. The first kappa shape index (κ1) is 13.8. The number of aromatic nitrogens is 2. The third kappa shape index (κ3) is 5.06. The van der Waals surface area contributed by atoms with Crippen LogP contribution >= 0.6 is 23.3 Å². The molecule has 7 heteroatoms. The van der Waals surface area contributed by atoms with E-state index in [9.17, 15) is 4.79 Å². The van der Waals surface area contributed by atoms with Crippen molar-refractivity contribution in [1.82, 2.24) is 14.3 Å². The highest BCUT2D eigenvalue weighted by molar-refractivity contribution is 8.13. The van der Waals surface area contributed by atoms with Gasteiger partial charge in [0.2, 0.25) is 5.16 Å². The molecule has 0 saturated carbocycles. The maximum absolute atomic E-state index is 11.4. The first-order chi connectivity index (χ1) is 8.13. The van der Waals surface area contributed by atoms with Crippen molar-refractivity contribution >= 4 is 28.5 Å². The smallest absolute Gasteiger partial charge is 0.294 e. The summed E-state index contributed by atoms with van der Waals surface area (Å²) in [7, 11) is 3.36. The van der Waals surface area contributed by atoms with Gasteiger partial charge in [0.1, 0.15) is 0 Å². The van der Waals surface area contributed by atoms with Gasteiger partial charge < -0.3 is 9.64 Å². The number of rotatable bonds is 3. The van der Waals surface area contributed by atoms with Crippen LogP contribution in [0.5, 0.6) is 5.19 Å². The van der Waals surface area contributed by atoms with Crippen molar-refractivity contribution in [3.8, 4) is 17.0 Å². The van der Waals surface area contributed by atoms with Crippen molar-refractivity contribution in [2.75, 3.05) is 20.7 Å². The van der Waals surface area contributed by atoms with Crippen LogP contribution in [0.2, 0.25) is 0 Å². The van der Waals surface area contributed by atoms with E-state index in [0.717, 1.165) is 29.7 Å². The Balaban J connectivity index is 2.45. The molecule has 92 valence electrons. The predicted octanol–water partition coefficient (Wildman–Crippen LogP) is 2.10. The minimum absolute atomic E-state index is 0.111. The standard InChI is InChI=1S/C10H13N3O2S2/c1-4-5-6-7-15-9-11-8(12-17-9)16-10(14)13(2)3/h4,7H2,1-3H3. The zero-order valence-corrected chi connectivity index (χ0v) is 11.5. The van der Waals surface area contributed by atoms with Crippen molar-refractivity contribution in [2.45, 2.75) is 18.5 Å². The molecule has 0 bridgehead atoms. The number of hydrogen-bond donors (Lipinski definition) is 0. The van der Waals surface area contributed by atoms with E-state index in [1.807, 2.05) is 6.92 Å². The van der Waals surface area contributed by atoms with E-state index in [1.54, 1.807) is 14.1 Å². The molecule has 0 unspecified atom stereocenters. The van der Waals surface area contributed by atoms with Crippen LogP contribution in [0.4, 0.5) is 4.79 Å². The molecular formula is C10H13N3O2S2.